The second-order valence-corrected chi connectivity index (χ2v) is 7.35. The molecule has 0 saturated carbocycles. The molecular formula is C23H23NO5. The number of carbonyl (C=O) groups is 3. The van der Waals surface area contributed by atoms with Crippen LogP contribution in [0.25, 0.3) is 0 Å². The van der Waals surface area contributed by atoms with E-state index in [0.717, 1.165) is 37.9 Å². The lowest BCUT2D eigenvalue weighted by Crippen LogP contribution is -2.23. The third-order valence-corrected chi connectivity index (χ3v) is 5.36. The Bertz CT molecular complexity index is 935. The highest BCUT2D eigenvalue weighted by molar-refractivity contribution is 5.98. The molecular weight excluding hydrogens is 370 g/mol. The highest BCUT2D eigenvalue weighted by Crippen LogP contribution is 2.24. The molecule has 0 bridgehead atoms. The van der Waals surface area contributed by atoms with Crippen molar-refractivity contribution in [3.63, 3.8) is 0 Å². The second kappa shape index (κ2) is 8.47. The predicted molar refractivity (Wildman–Crippen MR) is 107 cm³/mol. The van der Waals surface area contributed by atoms with Gasteiger partial charge in [-0.05, 0) is 67.1 Å². The Morgan fingerprint density at radius 2 is 1.69 bits per heavy atom. The fourth-order valence-corrected chi connectivity index (χ4v) is 3.80. The highest BCUT2D eigenvalue weighted by atomic mass is 16.6. The Kier molecular flexibility index (Phi) is 5.60. The SMILES string of the molecule is O=C(COc1ccc(N2CCCC2=O)cc1)OCC(=O)c1ccc2c(c1)CCC2. The molecule has 150 valence electrons. The van der Waals surface area contributed by atoms with Crippen molar-refractivity contribution in [2.24, 2.45) is 0 Å². The average Bonchev–Trinajstić information content (AvgIpc) is 3.39. The van der Waals surface area contributed by atoms with E-state index in [0.29, 0.717) is 17.7 Å². The normalized spacial score (nSPS) is 15.3. The first-order valence-electron chi connectivity index (χ1n) is 9.94. The van der Waals surface area contributed by atoms with E-state index in [1.54, 1.807) is 35.2 Å². The molecule has 1 amide bonds. The topological polar surface area (TPSA) is 72.9 Å². The van der Waals surface area contributed by atoms with Crippen molar-refractivity contribution in [1.82, 2.24) is 0 Å². The van der Waals surface area contributed by atoms with Crippen LogP contribution in [0.2, 0.25) is 0 Å². The number of carbonyl (C=O) groups excluding carboxylic acids is 3. The molecule has 2 aliphatic rings. The van der Waals surface area contributed by atoms with E-state index in [1.165, 1.54) is 11.1 Å². The number of aryl methyl sites for hydroxylation is 2. The summed E-state index contributed by atoms with van der Waals surface area (Å²) in [5.74, 6) is -0.191. The van der Waals surface area contributed by atoms with Crippen LogP contribution in [-0.4, -0.2) is 37.4 Å². The van der Waals surface area contributed by atoms with Crippen LogP contribution < -0.4 is 9.64 Å². The summed E-state index contributed by atoms with van der Waals surface area (Å²) in [5, 5.41) is 0. The van der Waals surface area contributed by atoms with E-state index in [2.05, 4.69) is 0 Å². The van der Waals surface area contributed by atoms with Crippen LogP contribution in [0.3, 0.4) is 0 Å². The van der Waals surface area contributed by atoms with Crippen LogP contribution in [0.5, 0.6) is 5.75 Å². The van der Waals surface area contributed by atoms with Gasteiger partial charge in [0, 0.05) is 24.2 Å². The van der Waals surface area contributed by atoms with E-state index in [4.69, 9.17) is 9.47 Å². The maximum absolute atomic E-state index is 12.3. The molecule has 0 unspecified atom stereocenters. The van der Waals surface area contributed by atoms with Crippen molar-refractivity contribution in [1.29, 1.82) is 0 Å². The number of ether oxygens (including phenoxy) is 2. The van der Waals surface area contributed by atoms with E-state index in [-0.39, 0.29) is 24.9 Å². The molecule has 0 radical (unpaired) electrons. The van der Waals surface area contributed by atoms with Crippen molar-refractivity contribution in [2.75, 3.05) is 24.7 Å². The van der Waals surface area contributed by atoms with Gasteiger partial charge in [-0.3, -0.25) is 9.59 Å². The van der Waals surface area contributed by atoms with Crippen LogP contribution in [0, 0.1) is 0 Å². The Hall–Kier alpha value is -3.15. The maximum atomic E-state index is 12.3. The van der Waals surface area contributed by atoms with E-state index in [1.807, 2.05) is 12.1 Å². The molecule has 6 heteroatoms. The van der Waals surface area contributed by atoms with Crippen molar-refractivity contribution >= 4 is 23.3 Å². The first kappa shape index (κ1) is 19.2. The number of benzene rings is 2. The van der Waals surface area contributed by atoms with Gasteiger partial charge in [0.1, 0.15) is 5.75 Å². The van der Waals surface area contributed by atoms with E-state index in [9.17, 15) is 14.4 Å². The summed E-state index contributed by atoms with van der Waals surface area (Å²) >= 11 is 0. The number of ketones is 1. The van der Waals surface area contributed by atoms with Gasteiger partial charge < -0.3 is 14.4 Å². The number of Topliss-reactive ketones (excluding diaryl/α,β-unsaturated/α-hetero) is 1. The summed E-state index contributed by atoms with van der Waals surface area (Å²) < 4.78 is 10.5. The fourth-order valence-electron chi connectivity index (χ4n) is 3.80. The van der Waals surface area contributed by atoms with Crippen molar-refractivity contribution in [3.8, 4) is 5.75 Å². The molecule has 6 nitrogen and oxygen atoms in total. The highest BCUT2D eigenvalue weighted by Gasteiger charge is 2.21. The number of rotatable bonds is 7. The first-order chi connectivity index (χ1) is 14.1. The molecule has 1 aliphatic carbocycles. The van der Waals surface area contributed by atoms with Crippen LogP contribution in [0.15, 0.2) is 42.5 Å². The zero-order valence-corrected chi connectivity index (χ0v) is 16.2. The molecule has 0 N–H and O–H groups in total. The minimum atomic E-state index is -0.599. The zero-order valence-electron chi connectivity index (χ0n) is 16.2. The smallest absolute Gasteiger partial charge is 0.344 e. The third-order valence-electron chi connectivity index (χ3n) is 5.36. The summed E-state index contributed by atoms with van der Waals surface area (Å²) in [7, 11) is 0. The molecule has 1 fully saturated rings. The molecule has 4 rings (SSSR count). The van der Waals surface area contributed by atoms with Crippen LogP contribution >= 0.6 is 0 Å². The lowest BCUT2D eigenvalue weighted by molar-refractivity contribution is -0.144. The van der Waals surface area contributed by atoms with Crippen LogP contribution in [0.1, 0.15) is 40.7 Å². The number of amides is 1. The number of esters is 1. The Morgan fingerprint density at radius 3 is 2.45 bits per heavy atom. The summed E-state index contributed by atoms with van der Waals surface area (Å²) in [4.78, 5) is 37.7. The lowest BCUT2D eigenvalue weighted by atomic mass is 10.0. The summed E-state index contributed by atoms with van der Waals surface area (Å²) in [6.07, 6.45) is 4.62. The van der Waals surface area contributed by atoms with Gasteiger partial charge in [-0.2, -0.15) is 0 Å². The molecule has 0 aromatic heterocycles. The zero-order chi connectivity index (χ0) is 20.2. The van der Waals surface area contributed by atoms with Gasteiger partial charge in [0.2, 0.25) is 5.91 Å². The number of nitrogens with zero attached hydrogens (tertiary/aromatic N) is 1. The molecule has 2 aromatic rings. The molecule has 0 spiro atoms. The monoisotopic (exact) mass is 393 g/mol. The minimum absolute atomic E-state index is 0.121. The fraction of sp³-hybridized carbons (Fsp3) is 0.348. The number of anilines is 1. The van der Waals surface area contributed by atoms with Crippen molar-refractivity contribution in [3.05, 3.63) is 59.2 Å². The Labute approximate surface area is 169 Å². The van der Waals surface area contributed by atoms with Crippen molar-refractivity contribution < 1.29 is 23.9 Å². The molecule has 0 atom stereocenters. The molecule has 1 aliphatic heterocycles. The standard InChI is InChI=1S/C23H23NO5/c25-21(18-7-6-16-3-1-4-17(16)13-18)14-29-23(27)15-28-20-10-8-19(9-11-20)24-12-2-5-22(24)26/h6-11,13H,1-5,12,14-15H2. The first-order valence-corrected chi connectivity index (χ1v) is 9.94. The number of fused-ring (bicyclic) bond motifs is 1. The molecule has 1 heterocycles. The van der Waals surface area contributed by atoms with Crippen LogP contribution in [0.4, 0.5) is 5.69 Å². The Morgan fingerprint density at radius 1 is 0.897 bits per heavy atom. The summed E-state index contributed by atoms with van der Waals surface area (Å²) in [5.41, 5.74) is 3.91. The van der Waals surface area contributed by atoms with E-state index >= 15 is 0 Å². The number of hydrogen-bond donors (Lipinski definition) is 0. The number of hydrogen-bond acceptors (Lipinski definition) is 5. The largest absolute Gasteiger partial charge is 0.482 e. The average molecular weight is 393 g/mol. The second-order valence-electron chi connectivity index (χ2n) is 7.35. The third kappa shape index (κ3) is 4.47. The maximum Gasteiger partial charge on any atom is 0.344 e. The summed E-state index contributed by atoms with van der Waals surface area (Å²) in [6, 6.07) is 12.7. The van der Waals surface area contributed by atoms with Gasteiger partial charge in [-0.1, -0.05) is 12.1 Å². The van der Waals surface area contributed by atoms with Gasteiger partial charge in [-0.15, -0.1) is 0 Å². The summed E-state index contributed by atoms with van der Waals surface area (Å²) in [6.45, 7) is 0.153. The predicted octanol–water partition coefficient (Wildman–Crippen LogP) is 3.11. The van der Waals surface area contributed by atoms with Crippen molar-refractivity contribution in [2.45, 2.75) is 32.1 Å². The van der Waals surface area contributed by atoms with Gasteiger partial charge >= 0.3 is 5.97 Å². The quantitative estimate of drug-likeness (QED) is 0.534. The molecule has 2 aromatic carbocycles. The van der Waals surface area contributed by atoms with Gasteiger partial charge in [0.25, 0.3) is 0 Å². The van der Waals surface area contributed by atoms with Crippen LogP contribution in [-0.2, 0) is 27.2 Å². The van der Waals surface area contributed by atoms with Gasteiger partial charge in [0.05, 0.1) is 0 Å². The van der Waals surface area contributed by atoms with Gasteiger partial charge in [0.15, 0.2) is 19.0 Å². The molecule has 29 heavy (non-hydrogen) atoms. The van der Waals surface area contributed by atoms with Gasteiger partial charge in [-0.25, -0.2) is 4.79 Å². The van der Waals surface area contributed by atoms with E-state index < -0.39 is 5.97 Å². The molecule has 1 saturated heterocycles. The Balaban J connectivity index is 1.24. The minimum Gasteiger partial charge on any atom is -0.482 e. The lowest BCUT2D eigenvalue weighted by Gasteiger charge is -2.16.